The molecule has 0 unspecified atom stereocenters. The highest BCUT2D eigenvalue weighted by atomic mass is 32.1. The van der Waals surface area contributed by atoms with Crippen LogP contribution in [0.2, 0.25) is 0 Å². The maximum atomic E-state index is 5.57. The quantitative estimate of drug-likeness (QED) is 0.807. The van der Waals surface area contributed by atoms with Crippen molar-refractivity contribution in [3.63, 3.8) is 0 Å². The van der Waals surface area contributed by atoms with E-state index in [9.17, 15) is 0 Å². The van der Waals surface area contributed by atoms with E-state index in [0.29, 0.717) is 11.5 Å². The molecule has 88 valence electrons. The van der Waals surface area contributed by atoms with Crippen LogP contribution >= 0.6 is 23.6 Å². The molecule has 0 bridgehead atoms. The summed E-state index contributed by atoms with van der Waals surface area (Å²) in [7, 11) is 0. The Labute approximate surface area is 109 Å². The van der Waals surface area contributed by atoms with Gasteiger partial charge in [0, 0.05) is 18.9 Å². The van der Waals surface area contributed by atoms with Gasteiger partial charge in [0.25, 0.3) is 0 Å². The minimum atomic E-state index is 0.260. The third-order valence-electron chi connectivity index (χ3n) is 2.22. The second kappa shape index (κ2) is 5.70. The Kier molecular flexibility index (Phi) is 4.00. The topological polar surface area (TPSA) is 63.8 Å². The maximum absolute atomic E-state index is 5.57. The smallest absolute Gasteiger partial charge is 0.155 e. The van der Waals surface area contributed by atoms with Gasteiger partial charge in [0.1, 0.15) is 10.7 Å². The van der Waals surface area contributed by atoms with Gasteiger partial charge in [0.15, 0.2) is 5.82 Å². The Bertz CT molecular complexity index is 496. The van der Waals surface area contributed by atoms with Crippen LogP contribution < -0.4 is 11.1 Å². The fourth-order valence-electron chi connectivity index (χ4n) is 1.41. The normalized spacial score (nSPS) is 10.1. The monoisotopic (exact) mass is 264 g/mol. The molecule has 0 spiro atoms. The number of hydrogen-bond donors (Lipinski definition) is 2. The number of aromatic nitrogens is 2. The molecule has 3 N–H and O–H groups in total. The first-order valence-electron chi connectivity index (χ1n) is 5.13. The zero-order valence-electron chi connectivity index (χ0n) is 9.09. The summed E-state index contributed by atoms with van der Waals surface area (Å²) >= 11 is 6.61. The molecule has 6 heteroatoms. The summed E-state index contributed by atoms with van der Waals surface area (Å²) in [4.78, 5) is 8.55. The number of thiophene rings is 1. The van der Waals surface area contributed by atoms with Gasteiger partial charge < -0.3 is 11.1 Å². The molecule has 2 heterocycles. The number of anilines is 1. The highest BCUT2D eigenvalue weighted by Gasteiger charge is 2.06. The molecule has 0 radical (unpaired) electrons. The Hall–Kier alpha value is -1.53. The summed E-state index contributed by atoms with van der Waals surface area (Å²) in [5, 5.41) is 7.40. The molecule has 0 aliphatic heterocycles. The predicted octanol–water partition coefficient (Wildman–Crippen LogP) is 1.83. The zero-order valence-corrected chi connectivity index (χ0v) is 10.7. The van der Waals surface area contributed by atoms with Gasteiger partial charge in [-0.15, -0.1) is 0 Å². The van der Waals surface area contributed by atoms with E-state index >= 15 is 0 Å². The van der Waals surface area contributed by atoms with Crippen LogP contribution in [0, 0.1) is 0 Å². The molecule has 0 aliphatic carbocycles. The van der Waals surface area contributed by atoms with Crippen molar-refractivity contribution in [1.29, 1.82) is 0 Å². The van der Waals surface area contributed by atoms with Crippen LogP contribution in [0.15, 0.2) is 29.2 Å². The van der Waals surface area contributed by atoms with Gasteiger partial charge >= 0.3 is 0 Å². The fourth-order valence-corrected chi connectivity index (χ4v) is 2.26. The molecule has 0 saturated carbocycles. The van der Waals surface area contributed by atoms with Gasteiger partial charge in [-0.1, -0.05) is 12.2 Å². The van der Waals surface area contributed by atoms with E-state index in [-0.39, 0.29) is 4.99 Å². The predicted molar refractivity (Wildman–Crippen MR) is 74.4 cm³/mol. The molecular weight excluding hydrogens is 252 g/mol. The molecule has 4 nitrogen and oxygen atoms in total. The van der Waals surface area contributed by atoms with Crippen LogP contribution in [0.3, 0.4) is 0 Å². The fraction of sp³-hybridized carbons (Fsp3) is 0.182. The van der Waals surface area contributed by atoms with E-state index in [4.69, 9.17) is 18.0 Å². The molecule has 2 aromatic heterocycles. The van der Waals surface area contributed by atoms with Crippen molar-refractivity contribution < 1.29 is 0 Å². The van der Waals surface area contributed by atoms with E-state index < -0.39 is 0 Å². The first-order chi connectivity index (χ1) is 8.27. The minimum Gasteiger partial charge on any atom is -0.388 e. The summed E-state index contributed by atoms with van der Waals surface area (Å²) in [6.45, 7) is 0.783. The summed E-state index contributed by atoms with van der Waals surface area (Å²) in [5.74, 6) is 0.648. The highest BCUT2D eigenvalue weighted by molar-refractivity contribution is 7.80. The summed E-state index contributed by atoms with van der Waals surface area (Å²) in [5.41, 5.74) is 7.43. The van der Waals surface area contributed by atoms with Crippen molar-refractivity contribution in [3.8, 4) is 0 Å². The van der Waals surface area contributed by atoms with E-state index in [1.165, 1.54) is 5.56 Å². The molecule has 2 aromatic rings. The Morgan fingerprint density at radius 2 is 2.24 bits per heavy atom. The van der Waals surface area contributed by atoms with Crippen molar-refractivity contribution in [2.24, 2.45) is 5.73 Å². The van der Waals surface area contributed by atoms with Crippen molar-refractivity contribution in [3.05, 3.63) is 40.5 Å². The first-order valence-corrected chi connectivity index (χ1v) is 6.48. The number of nitrogens with zero attached hydrogens (tertiary/aromatic N) is 2. The third kappa shape index (κ3) is 3.21. The summed E-state index contributed by atoms with van der Waals surface area (Å²) < 4.78 is 0. The van der Waals surface area contributed by atoms with E-state index in [0.717, 1.165) is 13.0 Å². The van der Waals surface area contributed by atoms with Crippen LogP contribution in [0.1, 0.15) is 11.3 Å². The lowest BCUT2D eigenvalue weighted by Gasteiger charge is -2.07. The Morgan fingerprint density at radius 3 is 2.94 bits per heavy atom. The lowest BCUT2D eigenvalue weighted by molar-refractivity contribution is 1.00. The van der Waals surface area contributed by atoms with E-state index in [1.807, 2.05) is 0 Å². The van der Waals surface area contributed by atoms with Crippen LogP contribution in [-0.4, -0.2) is 21.5 Å². The van der Waals surface area contributed by atoms with Crippen LogP contribution in [-0.2, 0) is 6.42 Å². The van der Waals surface area contributed by atoms with Crippen molar-refractivity contribution in [2.45, 2.75) is 6.42 Å². The Morgan fingerprint density at radius 1 is 1.41 bits per heavy atom. The number of hydrogen-bond acceptors (Lipinski definition) is 5. The van der Waals surface area contributed by atoms with Crippen molar-refractivity contribution in [1.82, 2.24) is 9.97 Å². The molecule has 0 amide bonds. The van der Waals surface area contributed by atoms with Gasteiger partial charge in [-0.3, -0.25) is 0 Å². The van der Waals surface area contributed by atoms with Gasteiger partial charge in [-0.25, -0.2) is 9.97 Å². The SMILES string of the molecule is NC(=S)c1nccnc1NCCc1ccsc1. The molecule has 17 heavy (non-hydrogen) atoms. The molecule has 0 aromatic carbocycles. The van der Waals surface area contributed by atoms with Gasteiger partial charge in [-0.2, -0.15) is 11.3 Å². The summed E-state index contributed by atoms with van der Waals surface area (Å²) in [6.07, 6.45) is 4.14. The molecule has 0 aliphatic rings. The average Bonchev–Trinajstić information content (AvgIpc) is 2.82. The van der Waals surface area contributed by atoms with E-state index in [2.05, 4.69) is 32.1 Å². The van der Waals surface area contributed by atoms with Crippen LogP contribution in [0.4, 0.5) is 5.82 Å². The third-order valence-corrected chi connectivity index (χ3v) is 3.14. The minimum absolute atomic E-state index is 0.260. The molecule has 2 rings (SSSR count). The van der Waals surface area contributed by atoms with Crippen molar-refractivity contribution in [2.75, 3.05) is 11.9 Å². The maximum Gasteiger partial charge on any atom is 0.155 e. The Balaban J connectivity index is 1.97. The number of thiocarbonyl (C=S) groups is 1. The molecular formula is C11H12N4S2. The van der Waals surface area contributed by atoms with Gasteiger partial charge in [-0.05, 0) is 28.8 Å². The number of nitrogens with one attached hydrogen (secondary N) is 1. The molecule has 0 atom stereocenters. The zero-order chi connectivity index (χ0) is 12.1. The van der Waals surface area contributed by atoms with Crippen LogP contribution in [0.5, 0.6) is 0 Å². The standard InChI is InChI=1S/C11H12N4S2/c12-10(16)9-11(15-5-4-13-9)14-3-1-8-2-6-17-7-8/h2,4-7H,1,3H2,(H2,12,16)(H,14,15). The lowest BCUT2D eigenvalue weighted by atomic mass is 10.2. The first kappa shape index (κ1) is 11.9. The average molecular weight is 264 g/mol. The molecule has 0 saturated heterocycles. The van der Waals surface area contributed by atoms with Crippen molar-refractivity contribution >= 4 is 34.4 Å². The number of rotatable bonds is 5. The van der Waals surface area contributed by atoms with Gasteiger partial charge in [0.2, 0.25) is 0 Å². The highest BCUT2D eigenvalue weighted by Crippen LogP contribution is 2.10. The largest absolute Gasteiger partial charge is 0.388 e. The lowest BCUT2D eigenvalue weighted by Crippen LogP contribution is -2.17. The second-order valence-corrected chi connectivity index (χ2v) is 4.65. The van der Waals surface area contributed by atoms with Gasteiger partial charge in [0.05, 0.1) is 0 Å². The number of nitrogens with two attached hydrogens (primary N) is 1. The molecule has 0 fully saturated rings. The second-order valence-electron chi connectivity index (χ2n) is 3.43. The van der Waals surface area contributed by atoms with E-state index in [1.54, 1.807) is 23.7 Å². The van der Waals surface area contributed by atoms with Crippen LogP contribution in [0.25, 0.3) is 0 Å². The summed E-state index contributed by atoms with van der Waals surface area (Å²) in [6, 6.07) is 2.11.